The molecule has 1 aliphatic heterocycles. The van der Waals surface area contributed by atoms with E-state index in [0.29, 0.717) is 5.56 Å². The molecule has 1 amide bonds. The van der Waals surface area contributed by atoms with Crippen LogP contribution in [0.4, 0.5) is 14.9 Å². The molecular weight excluding hydrogens is 185 g/mol. The lowest BCUT2D eigenvalue weighted by atomic mass is 9.95. The van der Waals surface area contributed by atoms with Crippen LogP contribution in [0, 0.1) is 11.9 Å². The molecule has 3 nitrogen and oxygen atoms in total. The molecular formula is C10H9FNO2. The van der Waals surface area contributed by atoms with Crippen LogP contribution in [0.2, 0.25) is 0 Å². The van der Waals surface area contributed by atoms with E-state index >= 15 is 0 Å². The number of anilines is 1. The Morgan fingerprint density at radius 1 is 1.50 bits per heavy atom. The molecule has 0 aromatic heterocycles. The number of amides is 1. The summed E-state index contributed by atoms with van der Waals surface area (Å²) in [5.41, 5.74) is -0.0295. The van der Waals surface area contributed by atoms with Crippen molar-refractivity contribution in [2.24, 2.45) is 0 Å². The van der Waals surface area contributed by atoms with E-state index in [9.17, 15) is 9.18 Å². The lowest BCUT2D eigenvalue weighted by Crippen LogP contribution is -2.35. The molecule has 1 radical (unpaired) electrons. The van der Waals surface area contributed by atoms with Crippen molar-refractivity contribution < 1.29 is 13.9 Å². The van der Waals surface area contributed by atoms with Gasteiger partial charge in [-0.15, -0.1) is 0 Å². The number of rotatable bonds is 0. The predicted molar refractivity (Wildman–Crippen MR) is 48.4 cm³/mol. The van der Waals surface area contributed by atoms with Gasteiger partial charge in [-0.25, -0.2) is 9.18 Å². The van der Waals surface area contributed by atoms with E-state index in [1.807, 2.05) is 0 Å². The fourth-order valence-electron chi connectivity index (χ4n) is 1.49. The lowest BCUT2D eigenvalue weighted by molar-refractivity contribution is 0.0416. The van der Waals surface area contributed by atoms with Crippen molar-refractivity contribution in [3.63, 3.8) is 0 Å². The fraction of sp³-hybridized carbons (Fsp3) is 0.300. The van der Waals surface area contributed by atoms with Crippen molar-refractivity contribution in [3.05, 3.63) is 29.6 Å². The van der Waals surface area contributed by atoms with E-state index in [-0.39, 0.29) is 5.69 Å². The summed E-state index contributed by atoms with van der Waals surface area (Å²) in [7, 11) is 0. The summed E-state index contributed by atoms with van der Waals surface area (Å²) >= 11 is 0. The molecule has 1 aromatic rings. The molecule has 0 saturated carbocycles. The second-order valence-electron chi connectivity index (χ2n) is 3.62. The number of carbonyl (C=O) groups excluding carboxylic acids is 1. The van der Waals surface area contributed by atoms with Crippen LogP contribution in [0.1, 0.15) is 19.4 Å². The second-order valence-corrected chi connectivity index (χ2v) is 3.62. The topological polar surface area (TPSA) is 38.3 Å². The highest BCUT2D eigenvalue weighted by Crippen LogP contribution is 2.36. The van der Waals surface area contributed by atoms with E-state index in [4.69, 9.17) is 4.74 Å². The SMILES string of the molecule is CC1(C)OC(=O)Nc2c(F)c[c]cc21. The summed E-state index contributed by atoms with van der Waals surface area (Å²) in [5.74, 6) is -0.493. The summed E-state index contributed by atoms with van der Waals surface area (Å²) in [6.07, 6.45) is -0.632. The van der Waals surface area contributed by atoms with Crippen molar-refractivity contribution in [2.75, 3.05) is 5.32 Å². The van der Waals surface area contributed by atoms with E-state index in [0.717, 1.165) is 0 Å². The van der Waals surface area contributed by atoms with Gasteiger partial charge in [-0.3, -0.25) is 5.32 Å². The quantitative estimate of drug-likeness (QED) is 0.688. The average molecular weight is 194 g/mol. The zero-order chi connectivity index (χ0) is 10.3. The Labute approximate surface area is 80.9 Å². The Kier molecular flexibility index (Phi) is 1.74. The van der Waals surface area contributed by atoms with E-state index in [2.05, 4.69) is 11.4 Å². The highest BCUT2D eigenvalue weighted by molar-refractivity contribution is 5.88. The number of hydrogen-bond acceptors (Lipinski definition) is 2. The second kappa shape index (κ2) is 2.70. The number of hydrogen-bond donors (Lipinski definition) is 1. The maximum absolute atomic E-state index is 13.3. The van der Waals surface area contributed by atoms with Crippen LogP contribution in [-0.4, -0.2) is 6.09 Å². The Hall–Kier alpha value is -1.58. The summed E-state index contributed by atoms with van der Waals surface area (Å²) in [5, 5.41) is 2.33. The van der Waals surface area contributed by atoms with Crippen molar-refractivity contribution in [1.29, 1.82) is 0 Å². The molecule has 4 heteroatoms. The molecule has 1 heterocycles. The van der Waals surface area contributed by atoms with E-state index in [1.165, 1.54) is 6.07 Å². The monoisotopic (exact) mass is 194 g/mol. The number of halogens is 1. The molecule has 0 saturated heterocycles. The van der Waals surface area contributed by atoms with Gasteiger partial charge in [-0.1, -0.05) is 0 Å². The molecule has 0 aliphatic carbocycles. The highest BCUT2D eigenvalue weighted by atomic mass is 19.1. The first kappa shape index (κ1) is 8.99. The summed E-state index contributed by atoms with van der Waals surface area (Å²) < 4.78 is 18.3. The molecule has 1 aromatic carbocycles. The Bertz CT molecular complexity index is 401. The van der Waals surface area contributed by atoms with E-state index < -0.39 is 17.5 Å². The van der Waals surface area contributed by atoms with Gasteiger partial charge < -0.3 is 4.74 Å². The maximum Gasteiger partial charge on any atom is 0.412 e. The van der Waals surface area contributed by atoms with Gasteiger partial charge in [0.2, 0.25) is 0 Å². The van der Waals surface area contributed by atoms with Gasteiger partial charge in [-0.05, 0) is 32.0 Å². The first-order valence-electron chi connectivity index (χ1n) is 4.21. The number of cyclic esters (lactones) is 1. The number of fused-ring (bicyclic) bond motifs is 1. The number of nitrogens with one attached hydrogen (secondary N) is 1. The molecule has 73 valence electrons. The normalized spacial score (nSPS) is 18.1. The van der Waals surface area contributed by atoms with Gasteiger partial charge >= 0.3 is 6.09 Å². The van der Waals surface area contributed by atoms with Gasteiger partial charge in [0, 0.05) is 5.56 Å². The van der Waals surface area contributed by atoms with Gasteiger partial charge in [-0.2, -0.15) is 0 Å². The Balaban J connectivity index is 2.63. The minimum absolute atomic E-state index is 0.185. The zero-order valence-electron chi connectivity index (χ0n) is 7.85. The van der Waals surface area contributed by atoms with Crippen molar-refractivity contribution in [2.45, 2.75) is 19.4 Å². The summed E-state index contributed by atoms with van der Waals surface area (Å²) in [6.45, 7) is 3.41. The van der Waals surface area contributed by atoms with Crippen molar-refractivity contribution in [3.8, 4) is 0 Å². The summed E-state index contributed by atoms with van der Waals surface area (Å²) in [4.78, 5) is 11.1. The van der Waals surface area contributed by atoms with Gasteiger partial charge in [0.15, 0.2) is 0 Å². The minimum atomic E-state index is -0.809. The lowest BCUT2D eigenvalue weighted by Gasteiger charge is -2.32. The fourth-order valence-corrected chi connectivity index (χ4v) is 1.49. The summed E-state index contributed by atoms with van der Waals surface area (Å²) in [6, 6.07) is 5.44. The number of carbonyl (C=O) groups is 1. The predicted octanol–water partition coefficient (Wildman–Crippen LogP) is 2.42. The molecule has 1 N–H and O–H groups in total. The van der Waals surface area contributed by atoms with Crippen LogP contribution in [0.5, 0.6) is 0 Å². The third kappa shape index (κ3) is 1.23. The number of ether oxygens (including phenoxy) is 1. The van der Waals surface area contributed by atoms with Crippen LogP contribution in [0.15, 0.2) is 12.1 Å². The Morgan fingerprint density at radius 3 is 2.93 bits per heavy atom. The molecule has 0 atom stereocenters. The molecule has 1 aliphatic rings. The van der Waals surface area contributed by atoms with Crippen molar-refractivity contribution in [1.82, 2.24) is 0 Å². The minimum Gasteiger partial charge on any atom is -0.438 e. The Morgan fingerprint density at radius 2 is 2.21 bits per heavy atom. The van der Waals surface area contributed by atoms with Gasteiger partial charge in [0.1, 0.15) is 11.4 Å². The zero-order valence-corrected chi connectivity index (χ0v) is 7.85. The van der Waals surface area contributed by atoms with Crippen LogP contribution >= 0.6 is 0 Å². The van der Waals surface area contributed by atoms with Crippen LogP contribution in [-0.2, 0) is 10.3 Å². The maximum atomic E-state index is 13.3. The first-order valence-corrected chi connectivity index (χ1v) is 4.21. The molecule has 2 rings (SSSR count). The van der Waals surface area contributed by atoms with Crippen LogP contribution < -0.4 is 5.32 Å². The largest absolute Gasteiger partial charge is 0.438 e. The molecule has 0 unspecified atom stereocenters. The van der Waals surface area contributed by atoms with Crippen molar-refractivity contribution >= 4 is 11.8 Å². The van der Waals surface area contributed by atoms with Crippen LogP contribution in [0.3, 0.4) is 0 Å². The highest BCUT2D eigenvalue weighted by Gasteiger charge is 2.34. The average Bonchev–Trinajstić information content (AvgIpc) is 2.05. The molecule has 0 bridgehead atoms. The third-order valence-corrected chi connectivity index (χ3v) is 2.17. The van der Waals surface area contributed by atoms with E-state index in [1.54, 1.807) is 19.9 Å². The molecule has 0 spiro atoms. The van der Waals surface area contributed by atoms with Crippen LogP contribution in [0.25, 0.3) is 0 Å². The first-order chi connectivity index (χ1) is 6.50. The number of benzene rings is 1. The smallest absolute Gasteiger partial charge is 0.412 e. The molecule has 14 heavy (non-hydrogen) atoms. The molecule has 0 fully saturated rings. The van der Waals surface area contributed by atoms with Gasteiger partial charge in [0.05, 0.1) is 5.69 Å². The third-order valence-electron chi connectivity index (χ3n) is 2.17. The van der Waals surface area contributed by atoms with Gasteiger partial charge in [0.25, 0.3) is 0 Å². The standard InChI is InChI=1S/C10H9FNO2/c1-10(2)6-4-3-5-7(11)8(6)12-9(13)14-10/h4-5H,1-2H3,(H,12,13).